The lowest BCUT2D eigenvalue weighted by Gasteiger charge is -2.10. The molecule has 0 aliphatic rings. The Hall–Kier alpha value is -2.82. The third-order valence-corrected chi connectivity index (χ3v) is 3.45. The van der Waals surface area contributed by atoms with E-state index in [4.69, 9.17) is 4.74 Å². The Labute approximate surface area is 134 Å². The monoisotopic (exact) mass is 310 g/mol. The van der Waals surface area contributed by atoms with Crippen molar-refractivity contribution in [1.82, 2.24) is 9.38 Å². The highest BCUT2D eigenvalue weighted by atomic mass is 16.5. The molecule has 3 aromatic rings. The SMILES string of the molecule is CC(C)Oc1ccc(-c2nc3ccccn3c2CC(=O)O)cc1. The van der Waals surface area contributed by atoms with E-state index in [1.54, 1.807) is 0 Å². The van der Waals surface area contributed by atoms with E-state index in [2.05, 4.69) is 4.98 Å². The van der Waals surface area contributed by atoms with E-state index in [-0.39, 0.29) is 12.5 Å². The Balaban J connectivity index is 2.06. The topological polar surface area (TPSA) is 63.8 Å². The summed E-state index contributed by atoms with van der Waals surface area (Å²) in [6.07, 6.45) is 1.86. The summed E-state index contributed by atoms with van der Waals surface area (Å²) in [5.41, 5.74) is 2.97. The molecule has 0 radical (unpaired) electrons. The molecule has 118 valence electrons. The van der Waals surface area contributed by atoms with Gasteiger partial charge in [-0.3, -0.25) is 4.79 Å². The van der Waals surface area contributed by atoms with Gasteiger partial charge in [-0.1, -0.05) is 6.07 Å². The first-order valence-corrected chi connectivity index (χ1v) is 7.49. The van der Waals surface area contributed by atoms with Crippen LogP contribution >= 0.6 is 0 Å². The molecule has 5 heteroatoms. The normalized spacial score (nSPS) is 11.1. The third-order valence-electron chi connectivity index (χ3n) is 3.45. The van der Waals surface area contributed by atoms with Crippen LogP contribution in [0.3, 0.4) is 0 Å². The van der Waals surface area contributed by atoms with E-state index in [0.717, 1.165) is 17.0 Å². The largest absolute Gasteiger partial charge is 0.491 e. The first-order valence-electron chi connectivity index (χ1n) is 7.49. The molecule has 0 amide bonds. The van der Waals surface area contributed by atoms with Crippen LogP contribution in [-0.4, -0.2) is 26.6 Å². The Morgan fingerprint density at radius 1 is 1.22 bits per heavy atom. The lowest BCUT2D eigenvalue weighted by atomic mass is 10.1. The van der Waals surface area contributed by atoms with Gasteiger partial charge in [0.2, 0.25) is 0 Å². The van der Waals surface area contributed by atoms with E-state index in [1.807, 2.05) is 66.9 Å². The Bertz CT molecular complexity index is 835. The summed E-state index contributed by atoms with van der Waals surface area (Å²) in [7, 11) is 0. The minimum atomic E-state index is -0.878. The average molecular weight is 310 g/mol. The predicted octanol–water partition coefficient (Wildman–Crippen LogP) is 3.42. The third kappa shape index (κ3) is 3.18. The molecular weight excluding hydrogens is 292 g/mol. The van der Waals surface area contributed by atoms with Gasteiger partial charge in [-0.25, -0.2) is 4.98 Å². The minimum absolute atomic E-state index is 0.0786. The summed E-state index contributed by atoms with van der Waals surface area (Å²) >= 11 is 0. The second kappa shape index (κ2) is 6.12. The van der Waals surface area contributed by atoms with Gasteiger partial charge in [0.1, 0.15) is 11.4 Å². The van der Waals surface area contributed by atoms with Gasteiger partial charge >= 0.3 is 5.97 Å². The standard InChI is InChI=1S/C18H18N2O3/c1-12(2)23-14-8-6-13(7-9-14)18-15(11-17(21)22)20-10-4-3-5-16(20)19-18/h3-10,12H,11H2,1-2H3,(H,21,22). The number of carbonyl (C=O) groups is 1. The van der Waals surface area contributed by atoms with Crippen molar-refractivity contribution in [2.45, 2.75) is 26.4 Å². The molecule has 0 atom stereocenters. The van der Waals surface area contributed by atoms with E-state index in [9.17, 15) is 9.90 Å². The molecule has 0 saturated carbocycles. The van der Waals surface area contributed by atoms with Crippen molar-refractivity contribution in [1.29, 1.82) is 0 Å². The number of pyridine rings is 1. The van der Waals surface area contributed by atoms with Crippen LogP contribution in [0.15, 0.2) is 48.7 Å². The highest BCUT2D eigenvalue weighted by Crippen LogP contribution is 2.27. The number of imidazole rings is 1. The first-order chi connectivity index (χ1) is 11.0. The van der Waals surface area contributed by atoms with E-state index >= 15 is 0 Å². The molecular formula is C18H18N2O3. The predicted molar refractivity (Wildman–Crippen MR) is 87.7 cm³/mol. The van der Waals surface area contributed by atoms with Gasteiger partial charge in [0.15, 0.2) is 0 Å². The first kappa shape index (κ1) is 15.1. The number of benzene rings is 1. The van der Waals surface area contributed by atoms with Crippen LogP contribution in [0.1, 0.15) is 19.5 Å². The fraction of sp³-hybridized carbons (Fsp3) is 0.222. The quantitative estimate of drug-likeness (QED) is 0.784. The zero-order valence-electron chi connectivity index (χ0n) is 13.1. The Morgan fingerprint density at radius 2 is 1.96 bits per heavy atom. The summed E-state index contributed by atoms with van der Waals surface area (Å²) in [4.78, 5) is 15.8. The van der Waals surface area contributed by atoms with Crippen molar-refractivity contribution in [2.75, 3.05) is 0 Å². The summed E-state index contributed by atoms with van der Waals surface area (Å²) in [5, 5.41) is 9.20. The van der Waals surface area contributed by atoms with Crippen LogP contribution in [0.4, 0.5) is 0 Å². The van der Waals surface area contributed by atoms with Crippen LogP contribution in [0.2, 0.25) is 0 Å². The number of nitrogens with zero attached hydrogens (tertiary/aromatic N) is 2. The maximum atomic E-state index is 11.2. The summed E-state index contributed by atoms with van der Waals surface area (Å²) in [6, 6.07) is 13.2. The molecule has 0 spiro atoms. The number of carboxylic acid groups (broad SMARTS) is 1. The minimum Gasteiger partial charge on any atom is -0.491 e. The van der Waals surface area contributed by atoms with Crippen molar-refractivity contribution in [3.8, 4) is 17.0 Å². The average Bonchev–Trinajstić information content (AvgIpc) is 2.86. The second-order valence-electron chi connectivity index (χ2n) is 5.60. The second-order valence-corrected chi connectivity index (χ2v) is 5.60. The lowest BCUT2D eigenvalue weighted by molar-refractivity contribution is -0.136. The van der Waals surface area contributed by atoms with Crippen LogP contribution < -0.4 is 4.74 Å². The molecule has 0 bridgehead atoms. The number of aliphatic carboxylic acids is 1. The summed E-state index contributed by atoms with van der Waals surface area (Å²) in [6.45, 7) is 3.95. The molecule has 3 rings (SSSR count). The fourth-order valence-electron chi connectivity index (χ4n) is 2.55. The number of hydrogen-bond donors (Lipinski definition) is 1. The van der Waals surface area contributed by atoms with Crippen LogP contribution in [0, 0.1) is 0 Å². The Kier molecular flexibility index (Phi) is 4.02. The molecule has 0 unspecified atom stereocenters. The number of hydrogen-bond acceptors (Lipinski definition) is 3. The van der Waals surface area contributed by atoms with Gasteiger partial charge in [-0.2, -0.15) is 0 Å². The van der Waals surface area contributed by atoms with Crippen LogP contribution in [0.25, 0.3) is 16.9 Å². The maximum Gasteiger partial charge on any atom is 0.309 e. The van der Waals surface area contributed by atoms with Crippen molar-refractivity contribution < 1.29 is 14.6 Å². The summed E-state index contributed by atoms with van der Waals surface area (Å²) in [5.74, 6) is -0.0936. The maximum absolute atomic E-state index is 11.2. The molecule has 0 aliphatic heterocycles. The molecule has 5 nitrogen and oxygen atoms in total. The van der Waals surface area contributed by atoms with Gasteiger partial charge in [-0.05, 0) is 50.2 Å². The number of carboxylic acids is 1. The molecule has 23 heavy (non-hydrogen) atoms. The number of ether oxygens (including phenoxy) is 1. The molecule has 0 fully saturated rings. The molecule has 1 N–H and O–H groups in total. The van der Waals surface area contributed by atoms with E-state index in [0.29, 0.717) is 11.4 Å². The lowest BCUT2D eigenvalue weighted by Crippen LogP contribution is -2.05. The van der Waals surface area contributed by atoms with Gasteiger partial charge in [-0.15, -0.1) is 0 Å². The zero-order valence-corrected chi connectivity index (χ0v) is 13.1. The number of aromatic nitrogens is 2. The molecule has 2 heterocycles. The number of rotatable bonds is 5. The number of fused-ring (bicyclic) bond motifs is 1. The molecule has 1 aromatic carbocycles. The van der Waals surface area contributed by atoms with Gasteiger partial charge in [0.25, 0.3) is 0 Å². The smallest absolute Gasteiger partial charge is 0.309 e. The summed E-state index contributed by atoms with van der Waals surface area (Å²) < 4.78 is 7.46. The van der Waals surface area contributed by atoms with E-state index < -0.39 is 5.97 Å². The fourth-order valence-corrected chi connectivity index (χ4v) is 2.55. The highest BCUT2D eigenvalue weighted by Gasteiger charge is 2.16. The van der Waals surface area contributed by atoms with Crippen molar-refractivity contribution in [2.24, 2.45) is 0 Å². The Morgan fingerprint density at radius 3 is 2.61 bits per heavy atom. The highest BCUT2D eigenvalue weighted by molar-refractivity contribution is 5.76. The van der Waals surface area contributed by atoms with Gasteiger partial charge < -0.3 is 14.2 Å². The van der Waals surface area contributed by atoms with Crippen LogP contribution in [-0.2, 0) is 11.2 Å². The molecule has 0 saturated heterocycles. The van der Waals surface area contributed by atoms with Crippen molar-refractivity contribution in [3.63, 3.8) is 0 Å². The molecule has 0 aliphatic carbocycles. The van der Waals surface area contributed by atoms with Crippen molar-refractivity contribution >= 4 is 11.6 Å². The van der Waals surface area contributed by atoms with Gasteiger partial charge in [0.05, 0.1) is 23.9 Å². The van der Waals surface area contributed by atoms with Crippen LogP contribution in [0.5, 0.6) is 5.75 Å². The zero-order chi connectivity index (χ0) is 16.4. The van der Waals surface area contributed by atoms with Crippen molar-refractivity contribution in [3.05, 3.63) is 54.4 Å². The van der Waals surface area contributed by atoms with E-state index in [1.165, 1.54) is 0 Å². The molecule has 2 aromatic heterocycles. The van der Waals surface area contributed by atoms with Gasteiger partial charge in [0, 0.05) is 11.8 Å².